The van der Waals surface area contributed by atoms with Gasteiger partial charge < -0.3 is 5.11 Å². The van der Waals surface area contributed by atoms with Gasteiger partial charge in [0.2, 0.25) is 6.41 Å². The number of thioether (sulfide) groups is 1. The smallest absolute Gasteiger partial charge is 0.353 e. The van der Waals surface area contributed by atoms with E-state index < -0.39 is 34.1 Å². The molecule has 35 heavy (non-hydrogen) atoms. The SMILES string of the molecule is CC(C)(C)ON(C=O)[C@@H]1C(=O)N2C(C(=O)O)=C(C=O)C(C(c3ccccc3)c3ccccc3)S[C@H]12. The van der Waals surface area contributed by atoms with E-state index in [0.29, 0.717) is 12.7 Å². The lowest BCUT2D eigenvalue weighted by Gasteiger charge is -2.53. The highest BCUT2D eigenvalue weighted by Gasteiger charge is 2.59. The zero-order chi connectivity index (χ0) is 25.3. The number of aliphatic carboxylic acids is 1. The second-order valence-corrected chi connectivity index (χ2v) is 10.6. The Bertz CT molecular complexity index is 1120. The number of rotatable bonds is 8. The number of carbonyl (C=O) groups excluding carboxylic acids is 3. The van der Waals surface area contributed by atoms with Crippen LogP contribution in [0.2, 0.25) is 0 Å². The van der Waals surface area contributed by atoms with Crippen molar-refractivity contribution in [2.24, 2.45) is 0 Å². The Balaban J connectivity index is 1.84. The molecule has 4 rings (SSSR count). The van der Waals surface area contributed by atoms with E-state index in [1.54, 1.807) is 20.8 Å². The minimum Gasteiger partial charge on any atom is -0.477 e. The predicted molar refractivity (Wildman–Crippen MR) is 130 cm³/mol. The van der Waals surface area contributed by atoms with E-state index in [-0.39, 0.29) is 17.2 Å². The largest absolute Gasteiger partial charge is 0.477 e. The van der Waals surface area contributed by atoms with Crippen LogP contribution in [0.5, 0.6) is 0 Å². The number of hydrogen-bond donors (Lipinski definition) is 1. The summed E-state index contributed by atoms with van der Waals surface area (Å²) in [6.07, 6.45) is 0.964. The number of fused-ring (bicyclic) bond motifs is 1. The fourth-order valence-electron chi connectivity index (χ4n) is 4.48. The first-order chi connectivity index (χ1) is 16.7. The average molecular weight is 495 g/mol. The van der Waals surface area contributed by atoms with E-state index in [4.69, 9.17) is 4.84 Å². The Morgan fingerprint density at radius 3 is 2.03 bits per heavy atom. The average Bonchev–Trinajstić information content (AvgIpc) is 2.83. The van der Waals surface area contributed by atoms with Gasteiger partial charge in [-0.1, -0.05) is 60.7 Å². The molecule has 8 nitrogen and oxygen atoms in total. The zero-order valence-corrected chi connectivity index (χ0v) is 20.3. The number of nitrogens with zero attached hydrogens (tertiary/aromatic N) is 2. The van der Waals surface area contributed by atoms with E-state index in [1.165, 1.54) is 11.8 Å². The second-order valence-electron chi connectivity index (χ2n) is 9.30. The van der Waals surface area contributed by atoms with Gasteiger partial charge in [-0.15, -0.1) is 11.8 Å². The lowest BCUT2D eigenvalue weighted by Crippen LogP contribution is -2.71. The number of β-lactam (4-membered cyclic amide) rings is 1. The molecular formula is C26H26N2O6S. The van der Waals surface area contributed by atoms with Crippen molar-refractivity contribution in [3.8, 4) is 0 Å². The first-order valence-electron chi connectivity index (χ1n) is 11.1. The van der Waals surface area contributed by atoms with Crippen molar-refractivity contribution >= 4 is 36.3 Å². The molecule has 0 saturated carbocycles. The Hall–Kier alpha value is -3.43. The van der Waals surface area contributed by atoms with Gasteiger partial charge in [-0.2, -0.15) is 0 Å². The zero-order valence-electron chi connectivity index (χ0n) is 19.5. The summed E-state index contributed by atoms with van der Waals surface area (Å²) in [5.74, 6) is -2.35. The van der Waals surface area contributed by atoms with Crippen LogP contribution < -0.4 is 0 Å². The maximum atomic E-state index is 13.1. The maximum absolute atomic E-state index is 13.1. The molecule has 2 aliphatic heterocycles. The number of amides is 2. The molecule has 0 aromatic heterocycles. The van der Waals surface area contributed by atoms with Crippen LogP contribution in [-0.2, 0) is 24.0 Å². The molecule has 2 amide bonds. The van der Waals surface area contributed by atoms with E-state index in [9.17, 15) is 24.3 Å². The van der Waals surface area contributed by atoms with Gasteiger partial charge in [0.05, 0.1) is 5.60 Å². The standard InChI is InChI=1S/C26H26N2O6S/c1-26(2,3)34-27(15-30)21-23(31)28-20(25(32)33)18(14-29)22(35-24(21)28)19(16-10-6-4-7-11-16)17-12-8-5-9-13-17/h4-15,19,21-22,24H,1-3H3,(H,32,33)/t21-,22?,24-/m1/s1. The molecule has 0 aliphatic carbocycles. The van der Waals surface area contributed by atoms with E-state index in [0.717, 1.165) is 21.1 Å². The van der Waals surface area contributed by atoms with E-state index in [1.807, 2.05) is 60.7 Å². The van der Waals surface area contributed by atoms with E-state index in [2.05, 4.69) is 0 Å². The summed E-state index contributed by atoms with van der Waals surface area (Å²) in [5, 5.41) is 9.66. The predicted octanol–water partition coefficient (Wildman–Crippen LogP) is 3.20. The Morgan fingerprint density at radius 1 is 1.06 bits per heavy atom. The number of carboxylic acid groups (broad SMARTS) is 1. The van der Waals surface area contributed by atoms with Crippen LogP contribution in [0.25, 0.3) is 0 Å². The molecule has 182 valence electrons. The highest BCUT2D eigenvalue weighted by atomic mass is 32.2. The van der Waals surface area contributed by atoms with Gasteiger partial charge in [0.25, 0.3) is 5.91 Å². The van der Waals surface area contributed by atoms with Crippen LogP contribution in [0.4, 0.5) is 0 Å². The van der Waals surface area contributed by atoms with Gasteiger partial charge in [0.15, 0.2) is 6.04 Å². The van der Waals surface area contributed by atoms with Crippen molar-refractivity contribution in [1.29, 1.82) is 0 Å². The lowest BCUT2D eigenvalue weighted by molar-refractivity contribution is -0.245. The molecule has 2 aromatic rings. The first-order valence-corrected chi connectivity index (χ1v) is 12.1. The van der Waals surface area contributed by atoms with Crippen LogP contribution >= 0.6 is 11.8 Å². The van der Waals surface area contributed by atoms with Crippen molar-refractivity contribution < 1.29 is 29.1 Å². The quantitative estimate of drug-likeness (QED) is 0.341. The summed E-state index contributed by atoms with van der Waals surface area (Å²) in [6.45, 7) is 5.24. The molecule has 1 fully saturated rings. The fourth-order valence-corrected chi connectivity index (χ4v) is 6.29. The molecule has 0 radical (unpaired) electrons. The minimum absolute atomic E-state index is 0.0256. The summed E-state index contributed by atoms with van der Waals surface area (Å²) in [4.78, 5) is 56.4. The van der Waals surface area contributed by atoms with Crippen LogP contribution in [0.1, 0.15) is 37.8 Å². The van der Waals surface area contributed by atoms with Gasteiger partial charge in [0, 0.05) is 16.7 Å². The summed E-state index contributed by atoms with van der Waals surface area (Å²) in [6, 6.07) is 18.0. The summed E-state index contributed by atoms with van der Waals surface area (Å²) >= 11 is 1.29. The third-order valence-corrected chi connectivity index (χ3v) is 7.40. The molecule has 2 aromatic carbocycles. The van der Waals surface area contributed by atoms with Crippen molar-refractivity contribution in [2.75, 3.05) is 0 Å². The number of hydroxylamine groups is 2. The van der Waals surface area contributed by atoms with Gasteiger partial charge in [-0.05, 0) is 31.9 Å². The van der Waals surface area contributed by atoms with Crippen molar-refractivity contribution in [1.82, 2.24) is 9.96 Å². The van der Waals surface area contributed by atoms with E-state index >= 15 is 0 Å². The summed E-state index contributed by atoms with van der Waals surface area (Å²) in [7, 11) is 0. The molecule has 2 heterocycles. The number of hydrogen-bond acceptors (Lipinski definition) is 6. The van der Waals surface area contributed by atoms with Crippen LogP contribution in [0.3, 0.4) is 0 Å². The van der Waals surface area contributed by atoms with Gasteiger partial charge in [-0.3, -0.25) is 24.1 Å². The molecule has 9 heteroatoms. The van der Waals surface area contributed by atoms with Crippen LogP contribution in [0, 0.1) is 0 Å². The molecule has 2 aliphatic rings. The van der Waals surface area contributed by atoms with Gasteiger partial charge in [-0.25, -0.2) is 9.86 Å². The summed E-state index contributed by atoms with van der Waals surface area (Å²) < 4.78 is 0. The van der Waals surface area contributed by atoms with Crippen molar-refractivity contribution in [3.05, 3.63) is 83.1 Å². The number of carboxylic acids is 1. The Kier molecular flexibility index (Phi) is 6.82. The van der Waals surface area contributed by atoms with Crippen LogP contribution in [0.15, 0.2) is 71.9 Å². The lowest BCUT2D eigenvalue weighted by atomic mass is 9.84. The second kappa shape index (κ2) is 9.67. The molecule has 0 bridgehead atoms. The van der Waals surface area contributed by atoms with Crippen LogP contribution in [-0.4, -0.2) is 61.9 Å². The van der Waals surface area contributed by atoms with Crippen molar-refractivity contribution in [2.45, 2.75) is 49.0 Å². The van der Waals surface area contributed by atoms with Gasteiger partial charge >= 0.3 is 5.97 Å². The molecule has 0 spiro atoms. The molecule has 1 saturated heterocycles. The molecule has 3 atom stereocenters. The highest BCUT2D eigenvalue weighted by Crippen LogP contribution is 2.51. The minimum atomic E-state index is -1.37. The molecular weight excluding hydrogens is 468 g/mol. The maximum Gasteiger partial charge on any atom is 0.353 e. The van der Waals surface area contributed by atoms with Crippen molar-refractivity contribution in [3.63, 3.8) is 0 Å². The third kappa shape index (κ3) is 4.61. The summed E-state index contributed by atoms with van der Waals surface area (Å²) in [5.41, 5.74) is 0.713. The normalized spacial score (nSPS) is 21.9. The van der Waals surface area contributed by atoms with Gasteiger partial charge in [0.1, 0.15) is 17.4 Å². The first kappa shape index (κ1) is 24.7. The Morgan fingerprint density at radius 2 is 1.60 bits per heavy atom. The fraction of sp³-hybridized carbons (Fsp3) is 0.308. The number of carbonyl (C=O) groups is 4. The highest BCUT2D eigenvalue weighted by molar-refractivity contribution is 8.01. The molecule has 1 N–H and O–H groups in total. The topological polar surface area (TPSA) is 104 Å². The monoisotopic (exact) mass is 494 g/mol. The molecule has 1 unspecified atom stereocenters. The third-order valence-electron chi connectivity index (χ3n) is 5.83. The number of aldehydes is 1. The number of benzene rings is 2. The Labute approximate surface area is 207 Å².